The van der Waals surface area contributed by atoms with Crippen LogP contribution in [0.4, 0.5) is 5.69 Å². The van der Waals surface area contributed by atoms with Crippen LogP contribution in [0.2, 0.25) is 0 Å². The molecule has 28 heavy (non-hydrogen) atoms. The molecule has 0 aliphatic rings. The van der Waals surface area contributed by atoms with Crippen molar-refractivity contribution in [1.82, 2.24) is 0 Å². The van der Waals surface area contributed by atoms with Crippen molar-refractivity contribution in [3.05, 3.63) is 63.7 Å². The maximum absolute atomic E-state index is 11.4. The monoisotopic (exact) mass is 401 g/mol. The van der Waals surface area contributed by atoms with Gasteiger partial charge in [0.25, 0.3) is 0 Å². The first-order valence-electron chi connectivity index (χ1n) is 10.3. The van der Waals surface area contributed by atoms with Crippen LogP contribution in [0.5, 0.6) is 5.75 Å². The molecule has 4 nitrogen and oxygen atoms in total. The highest BCUT2D eigenvalue weighted by atomic mass is 32.2. The number of nitro benzene ring substituents is 1. The van der Waals surface area contributed by atoms with Crippen molar-refractivity contribution >= 4 is 17.7 Å². The topological polar surface area (TPSA) is 52.4 Å². The van der Waals surface area contributed by atoms with E-state index < -0.39 is 0 Å². The summed E-state index contributed by atoms with van der Waals surface area (Å²) < 4.78 is 5.85. The molecule has 0 spiro atoms. The van der Waals surface area contributed by atoms with Crippen LogP contribution in [0.3, 0.4) is 0 Å². The summed E-state index contributed by atoms with van der Waals surface area (Å²) in [6.07, 6.45) is 10.7. The molecule has 0 saturated carbocycles. The average molecular weight is 402 g/mol. The van der Waals surface area contributed by atoms with Gasteiger partial charge in [-0.25, -0.2) is 0 Å². The number of nitro groups is 1. The van der Waals surface area contributed by atoms with Crippen LogP contribution in [0.15, 0.2) is 47.4 Å². The molecule has 0 fully saturated rings. The van der Waals surface area contributed by atoms with Crippen molar-refractivity contribution < 1.29 is 9.11 Å². The number of hydrogen-bond acceptors (Lipinski definition) is 4. The van der Waals surface area contributed by atoms with Gasteiger partial charge in [0.05, 0.1) is 17.0 Å². The summed E-state index contributed by atoms with van der Waals surface area (Å²) in [7, 11) is 0. The number of nitrogens with zero attached hydrogens (tertiary/aromatic N) is 1. The molecule has 0 heterocycles. The van der Waals surface area contributed by atoms with E-state index in [1.165, 1.54) is 62.2 Å². The molecular formula is C23H31NO3S. The number of rotatable bonds is 13. The number of para-hydroxylation sites is 1. The van der Waals surface area contributed by atoms with Crippen LogP contribution in [0.1, 0.15) is 69.4 Å². The summed E-state index contributed by atoms with van der Waals surface area (Å²) in [5.41, 5.74) is 2.13. The molecule has 0 aliphatic carbocycles. The Morgan fingerprint density at radius 2 is 1.57 bits per heavy atom. The zero-order chi connectivity index (χ0) is 20.2. The summed E-state index contributed by atoms with van der Waals surface area (Å²) in [5, 5.41) is 11.4. The molecule has 0 atom stereocenters. The third-order valence-corrected chi connectivity index (χ3v) is 5.53. The fourth-order valence-corrected chi connectivity index (χ4v) is 3.76. The highest BCUT2D eigenvalue weighted by molar-refractivity contribution is 7.95. The molecule has 0 unspecified atom stereocenters. The van der Waals surface area contributed by atoms with Gasteiger partial charge in [0.1, 0.15) is 0 Å². The van der Waals surface area contributed by atoms with E-state index in [9.17, 15) is 10.1 Å². The van der Waals surface area contributed by atoms with Crippen molar-refractivity contribution in [3.63, 3.8) is 0 Å². The Labute approximate surface area is 173 Å². The summed E-state index contributed by atoms with van der Waals surface area (Å²) in [6.45, 7) is 4.26. The molecule has 0 aromatic heterocycles. The predicted octanol–water partition coefficient (Wildman–Crippen LogP) is 7.67. The fraction of sp³-hybridized carbons (Fsp3) is 0.478. The largest absolute Gasteiger partial charge is 0.413 e. The zero-order valence-corrected chi connectivity index (χ0v) is 17.8. The molecule has 0 saturated heterocycles. The molecule has 0 aliphatic heterocycles. The van der Waals surface area contributed by atoms with Crippen LogP contribution in [-0.2, 0) is 6.42 Å². The van der Waals surface area contributed by atoms with E-state index in [0.717, 1.165) is 29.7 Å². The van der Waals surface area contributed by atoms with Crippen LogP contribution < -0.4 is 4.18 Å². The normalized spacial score (nSPS) is 10.8. The second kappa shape index (κ2) is 12.4. The molecule has 2 aromatic rings. The summed E-state index contributed by atoms with van der Waals surface area (Å²) in [6, 6.07) is 13.2. The van der Waals surface area contributed by atoms with E-state index in [2.05, 4.69) is 6.92 Å². The van der Waals surface area contributed by atoms with Gasteiger partial charge in [0, 0.05) is 16.5 Å². The Bertz CT molecular complexity index is 731. The van der Waals surface area contributed by atoms with E-state index in [4.69, 9.17) is 4.18 Å². The number of hydrogen-bond donors (Lipinski definition) is 0. The van der Waals surface area contributed by atoms with Crippen molar-refractivity contribution in [2.75, 3.05) is 0 Å². The lowest BCUT2D eigenvalue weighted by Crippen LogP contribution is -1.98. The highest BCUT2D eigenvalue weighted by Gasteiger charge is 2.19. The first-order valence-corrected chi connectivity index (χ1v) is 11.0. The molecule has 0 N–H and O–H groups in total. The number of unbranched alkanes of at least 4 members (excludes halogenated alkanes) is 7. The molecule has 152 valence electrons. The second-order valence-corrected chi connectivity index (χ2v) is 8.03. The minimum atomic E-state index is -0.359. The molecule has 5 heteroatoms. The van der Waals surface area contributed by atoms with E-state index in [1.807, 2.05) is 37.3 Å². The maximum atomic E-state index is 11.4. The lowest BCUT2D eigenvalue weighted by Gasteiger charge is -2.11. The lowest BCUT2D eigenvalue weighted by molar-refractivity contribution is -0.385. The number of aryl methyl sites for hydroxylation is 2. The van der Waals surface area contributed by atoms with E-state index in [0.29, 0.717) is 5.75 Å². The van der Waals surface area contributed by atoms with Gasteiger partial charge in [-0.1, -0.05) is 81.7 Å². The zero-order valence-electron chi connectivity index (χ0n) is 17.0. The van der Waals surface area contributed by atoms with Gasteiger partial charge in [0.2, 0.25) is 5.75 Å². The average Bonchev–Trinajstić information content (AvgIpc) is 2.69. The van der Waals surface area contributed by atoms with E-state index in [-0.39, 0.29) is 10.6 Å². The Morgan fingerprint density at radius 3 is 2.21 bits per heavy atom. The van der Waals surface area contributed by atoms with Crippen molar-refractivity contribution in [2.45, 2.75) is 76.5 Å². The Hall–Kier alpha value is -2.01. The van der Waals surface area contributed by atoms with Crippen molar-refractivity contribution in [3.8, 4) is 5.75 Å². The van der Waals surface area contributed by atoms with E-state index >= 15 is 0 Å². The lowest BCUT2D eigenvalue weighted by atomic mass is 10.0. The van der Waals surface area contributed by atoms with Gasteiger partial charge in [-0.3, -0.25) is 10.1 Å². The third-order valence-electron chi connectivity index (χ3n) is 4.81. The molecule has 0 radical (unpaired) electrons. The van der Waals surface area contributed by atoms with Gasteiger partial charge < -0.3 is 4.18 Å². The molecule has 2 aromatic carbocycles. The molecule has 2 rings (SSSR count). The summed E-state index contributed by atoms with van der Waals surface area (Å²) >= 11 is 1.18. The highest BCUT2D eigenvalue weighted by Crippen LogP contribution is 2.36. The van der Waals surface area contributed by atoms with Crippen LogP contribution in [-0.4, -0.2) is 4.92 Å². The van der Waals surface area contributed by atoms with Gasteiger partial charge in [0.15, 0.2) is 0 Å². The first-order chi connectivity index (χ1) is 13.6. The van der Waals surface area contributed by atoms with Crippen LogP contribution >= 0.6 is 12.0 Å². The minimum absolute atomic E-state index is 0.0386. The molecule has 0 bridgehead atoms. The molecular weight excluding hydrogens is 370 g/mol. The smallest absolute Gasteiger partial charge is 0.312 e. The van der Waals surface area contributed by atoms with Crippen molar-refractivity contribution in [1.29, 1.82) is 0 Å². The third kappa shape index (κ3) is 7.55. The Kier molecular flexibility index (Phi) is 9.91. The Morgan fingerprint density at radius 1 is 0.929 bits per heavy atom. The van der Waals surface area contributed by atoms with Crippen LogP contribution in [0.25, 0.3) is 0 Å². The maximum Gasteiger partial charge on any atom is 0.312 e. The van der Waals surface area contributed by atoms with Crippen molar-refractivity contribution in [2.24, 2.45) is 0 Å². The summed E-state index contributed by atoms with van der Waals surface area (Å²) in [5.74, 6) is 0.390. The van der Waals surface area contributed by atoms with Crippen LogP contribution in [0, 0.1) is 17.0 Å². The van der Waals surface area contributed by atoms with E-state index in [1.54, 1.807) is 6.07 Å². The second-order valence-electron chi connectivity index (χ2n) is 7.23. The van der Waals surface area contributed by atoms with Gasteiger partial charge in [-0.15, -0.1) is 0 Å². The summed E-state index contributed by atoms with van der Waals surface area (Å²) in [4.78, 5) is 12.0. The van der Waals surface area contributed by atoms with Gasteiger partial charge >= 0.3 is 5.69 Å². The predicted molar refractivity (Wildman–Crippen MR) is 117 cm³/mol. The minimum Gasteiger partial charge on any atom is -0.413 e. The fourth-order valence-electron chi connectivity index (χ4n) is 3.14. The first kappa shape index (κ1) is 22.3. The number of benzene rings is 2. The van der Waals surface area contributed by atoms with Gasteiger partial charge in [-0.2, -0.15) is 0 Å². The van der Waals surface area contributed by atoms with Gasteiger partial charge in [-0.05, 0) is 31.9 Å². The SMILES string of the molecule is CCCCCCCCCCc1cccc([N+](=O)[O-])c1OSc1ccc(C)cc1. The quantitative estimate of drug-likeness (QED) is 0.149. The standard InChI is InChI=1S/C23H31NO3S/c1-3-4-5-6-7-8-9-10-12-20-13-11-14-22(24(25)26)23(20)27-28-21-17-15-19(2)16-18-21/h11,13-18H,3-10,12H2,1-2H3. The molecule has 0 amide bonds. The Balaban J connectivity index is 1.92.